The lowest BCUT2D eigenvalue weighted by molar-refractivity contribution is -0.132. The fraction of sp³-hybridized carbons (Fsp3) is 0.300. The van der Waals surface area contributed by atoms with Crippen molar-refractivity contribution in [1.82, 2.24) is 4.98 Å². The molecule has 36 heavy (non-hydrogen) atoms. The molecular formula is C30H32N2O4. The van der Waals surface area contributed by atoms with Crippen LogP contribution in [0.5, 0.6) is 5.75 Å². The fourth-order valence-electron chi connectivity index (χ4n) is 4.42. The third-order valence-corrected chi connectivity index (χ3v) is 6.29. The van der Waals surface area contributed by atoms with Crippen LogP contribution in [0.2, 0.25) is 0 Å². The predicted molar refractivity (Wildman–Crippen MR) is 141 cm³/mol. The molecule has 2 heterocycles. The zero-order valence-corrected chi connectivity index (χ0v) is 21.6. The molecule has 0 radical (unpaired) electrons. The SMILES string of the molecule is Cc1cc(/C(O)=C2/C(=O)C(=O)N(c3ccc(C(C)(C)C)cc3)C2c2ccncc2)ccc1OC(C)C. The summed E-state index contributed by atoms with van der Waals surface area (Å²) < 4.78 is 5.81. The number of aliphatic hydroxyl groups is 1. The molecule has 0 aliphatic carbocycles. The van der Waals surface area contributed by atoms with E-state index in [0.29, 0.717) is 22.6 Å². The van der Waals surface area contributed by atoms with Gasteiger partial charge in [-0.1, -0.05) is 32.9 Å². The van der Waals surface area contributed by atoms with Gasteiger partial charge in [0.1, 0.15) is 11.5 Å². The molecule has 0 spiro atoms. The predicted octanol–water partition coefficient (Wildman–Crippen LogP) is 6.10. The zero-order chi connectivity index (χ0) is 26.2. The van der Waals surface area contributed by atoms with Gasteiger partial charge in [0.25, 0.3) is 11.7 Å². The average molecular weight is 485 g/mol. The number of carbonyl (C=O) groups excluding carboxylic acids is 2. The van der Waals surface area contributed by atoms with Crippen molar-refractivity contribution >= 4 is 23.1 Å². The van der Waals surface area contributed by atoms with Gasteiger partial charge in [0, 0.05) is 23.6 Å². The maximum Gasteiger partial charge on any atom is 0.300 e. The van der Waals surface area contributed by atoms with Crippen LogP contribution >= 0.6 is 0 Å². The average Bonchev–Trinajstić information content (AvgIpc) is 3.10. The van der Waals surface area contributed by atoms with Crippen LogP contribution in [-0.2, 0) is 15.0 Å². The molecule has 1 unspecified atom stereocenters. The molecule has 1 atom stereocenters. The lowest BCUT2D eigenvalue weighted by Crippen LogP contribution is -2.29. The van der Waals surface area contributed by atoms with Crippen molar-refractivity contribution in [1.29, 1.82) is 0 Å². The Morgan fingerprint density at radius 1 is 1.00 bits per heavy atom. The smallest absolute Gasteiger partial charge is 0.300 e. The number of Topliss-reactive ketones (excluding diaryl/α,β-unsaturated/α-hetero) is 1. The minimum absolute atomic E-state index is 0.00448. The Bertz CT molecular complexity index is 1320. The maximum absolute atomic E-state index is 13.4. The number of aromatic nitrogens is 1. The van der Waals surface area contributed by atoms with Gasteiger partial charge < -0.3 is 9.84 Å². The molecule has 2 aromatic carbocycles. The summed E-state index contributed by atoms with van der Waals surface area (Å²) in [6.45, 7) is 12.1. The third kappa shape index (κ3) is 4.76. The van der Waals surface area contributed by atoms with E-state index in [4.69, 9.17) is 4.74 Å². The standard InChI is InChI=1S/C30H32N2O4/c1-18(2)36-24-12-7-21(17-19(24)3)27(33)25-26(20-13-15-31-16-14-20)32(29(35)28(25)34)23-10-8-22(9-11-23)30(4,5)6/h7-18,26,33H,1-6H3/b27-25-. The highest BCUT2D eigenvalue weighted by atomic mass is 16.5. The van der Waals surface area contributed by atoms with Crippen molar-refractivity contribution < 1.29 is 19.4 Å². The van der Waals surface area contributed by atoms with Gasteiger partial charge in [-0.25, -0.2) is 0 Å². The lowest BCUT2D eigenvalue weighted by atomic mass is 9.87. The summed E-state index contributed by atoms with van der Waals surface area (Å²) in [5.41, 5.74) is 3.64. The number of anilines is 1. The Hall–Kier alpha value is -3.93. The fourth-order valence-corrected chi connectivity index (χ4v) is 4.42. The number of aliphatic hydroxyl groups excluding tert-OH is 1. The molecule has 1 aromatic heterocycles. The molecule has 0 saturated carbocycles. The minimum Gasteiger partial charge on any atom is -0.507 e. The molecule has 1 amide bonds. The second-order valence-electron chi connectivity index (χ2n) is 10.4. The largest absolute Gasteiger partial charge is 0.507 e. The lowest BCUT2D eigenvalue weighted by Gasteiger charge is -2.26. The van der Waals surface area contributed by atoms with Crippen LogP contribution in [0.1, 0.15) is 62.9 Å². The number of benzene rings is 2. The topological polar surface area (TPSA) is 79.7 Å². The van der Waals surface area contributed by atoms with Crippen molar-refractivity contribution in [3.05, 3.63) is 94.8 Å². The summed E-state index contributed by atoms with van der Waals surface area (Å²) in [6, 6.07) is 15.6. The monoisotopic (exact) mass is 484 g/mol. The number of carbonyl (C=O) groups is 2. The van der Waals surface area contributed by atoms with Crippen molar-refractivity contribution in [2.45, 2.75) is 59.1 Å². The van der Waals surface area contributed by atoms with Gasteiger partial charge in [0.05, 0.1) is 17.7 Å². The van der Waals surface area contributed by atoms with E-state index >= 15 is 0 Å². The quantitative estimate of drug-likeness (QED) is 0.269. The second kappa shape index (κ2) is 9.61. The Labute approximate surface area is 212 Å². The van der Waals surface area contributed by atoms with E-state index in [-0.39, 0.29) is 22.9 Å². The van der Waals surface area contributed by atoms with Crippen LogP contribution < -0.4 is 9.64 Å². The molecule has 1 aliphatic rings. The van der Waals surface area contributed by atoms with E-state index in [0.717, 1.165) is 11.1 Å². The Balaban J connectivity index is 1.85. The van der Waals surface area contributed by atoms with E-state index < -0.39 is 17.7 Å². The molecule has 6 heteroatoms. The highest BCUT2D eigenvalue weighted by Crippen LogP contribution is 2.42. The molecule has 4 rings (SSSR count). The molecule has 1 aliphatic heterocycles. The highest BCUT2D eigenvalue weighted by molar-refractivity contribution is 6.51. The van der Waals surface area contributed by atoms with Crippen LogP contribution in [-0.4, -0.2) is 27.9 Å². The van der Waals surface area contributed by atoms with Gasteiger partial charge >= 0.3 is 0 Å². The summed E-state index contributed by atoms with van der Waals surface area (Å²) in [6.07, 6.45) is 3.23. The normalized spacial score (nSPS) is 17.6. The van der Waals surface area contributed by atoms with Gasteiger partial charge in [-0.05, 0) is 85.3 Å². The first-order chi connectivity index (χ1) is 17.0. The van der Waals surface area contributed by atoms with Crippen LogP contribution in [0.3, 0.4) is 0 Å². The third-order valence-electron chi connectivity index (χ3n) is 6.29. The summed E-state index contributed by atoms with van der Waals surface area (Å²) in [5.74, 6) is -0.928. The number of pyridine rings is 1. The van der Waals surface area contributed by atoms with Crippen LogP contribution in [0.15, 0.2) is 72.6 Å². The first-order valence-corrected chi connectivity index (χ1v) is 12.1. The van der Waals surface area contributed by atoms with Gasteiger partial charge in [0.15, 0.2) is 0 Å². The first-order valence-electron chi connectivity index (χ1n) is 12.1. The molecular weight excluding hydrogens is 452 g/mol. The molecule has 1 N–H and O–H groups in total. The van der Waals surface area contributed by atoms with E-state index in [2.05, 4.69) is 25.8 Å². The van der Waals surface area contributed by atoms with Crippen LogP contribution in [0, 0.1) is 6.92 Å². The first kappa shape index (κ1) is 25.2. The molecule has 1 saturated heterocycles. The van der Waals surface area contributed by atoms with E-state index in [1.165, 1.54) is 4.90 Å². The van der Waals surface area contributed by atoms with Gasteiger partial charge in [0.2, 0.25) is 0 Å². The number of aryl methyl sites for hydroxylation is 1. The van der Waals surface area contributed by atoms with E-state index in [1.54, 1.807) is 42.7 Å². The minimum atomic E-state index is -0.791. The second-order valence-corrected chi connectivity index (χ2v) is 10.4. The summed E-state index contributed by atoms with van der Waals surface area (Å²) in [4.78, 5) is 32.3. The van der Waals surface area contributed by atoms with Crippen LogP contribution in [0.4, 0.5) is 5.69 Å². The molecule has 6 nitrogen and oxygen atoms in total. The maximum atomic E-state index is 13.4. The number of ether oxygens (including phenoxy) is 1. The van der Waals surface area contributed by atoms with E-state index in [1.807, 2.05) is 45.0 Å². The van der Waals surface area contributed by atoms with Crippen molar-refractivity contribution in [3.63, 3.8) is 0 Å². The number of ketones is 1. The van der Waals surface area contributed by atoms with Gasteiger partial charge in [-0.15, -0.1) is 0 Å². The number of rotatable bonds is 5. The van der Waals surface area contributed by atoms with E-state index in [9.17, 15) is 14.7 Å². The van der Waals surface area contributed by atoms with Gasteiger partial charge in [-0.3, -0.25) is 19.5 Å². The zero-order valence-electron chi connectivity index (χ0n) is 21.6. The number of hydrogen-bond acceptors (Lipinski definition) is 5. The highest BCUT2D eigenvalue weighted by Gasteiger charge is 2.47. The summed E-state index contributed by atoms with van der Waals surface area (Å²) in [7, 11) is 0. The Morgan fingerprint density at radius 3 is 2.19 bits per heavy atom. The Morgan fingerprint density at radius 2 is 1.64 bits per heavy atom. The summed E-state index contributed by atoms with van der Waals surface area (Å²) in [5, 5.41) is 11.4. The number of amides is 1. The molecule has 3 aromatic rings. The van der Waals surface area contributed by atoms with Crippen molar-refractivity contribution in [2.75, 3.05) is 4.90 Å². The number of nitrogens with zero attached hydrogens (tertiary/aromatic N) is 2. The molecule has 0 bridgehead atoms. The molecule has 186 valence electrons. The van der Waals surface area contributed by atoms with Crippen molar-refractivity contribution in [3.8, 4) is 5.75 Å². The van der Waals surface area contributed by atoms with Crippen molar-refractivity contribution in [2.24, 2.45) is 0 Å². The van der Waals surface area contributed by atoms with Gasteiger partial charge in [-0.2, -0.15) is 0 Å². The van der Waals surface area contributed by atoms with Crippen LogP contribution in [0.25, 0.3) is 5.76 Å². The number of hydrogen-bond donors (Lipinski definition) is 1. The molecule has 1 fully saturated rings. The Kier molecular flexibility index (Phi) is 6.72. The summed E-state index contributed by atoms with van der Waals surface area (Å²) >= 11 is 0.